The highest BCUT2D eigenvalue weighted by molar-refractivity contribution is 7.86. The van der Waals surface area contributed by atoms with E-state index in [-0.39, 0.29) is 31.6 Å². The number of rotatable bonds is 5. The van der Waals surface area contributed by atoms with Gasteiger partial charge in [0.2, 0.25) is 0 Å². The number of aromatic nitrogens is 1. The fourth-order valence-electron chi connectivity index (χ4n) is 2.50. The largest absolute Gasteiger partial charge is 0.459 e. The van der Waals surface area contributed by atoms with Crippen LogP contribution in [0.25, 0.3) is 9.88 Å². The third-order valence-corrected chi connectivity index (χ3v) is 6.81. The molecular weight excluding hydrogens is 370 g/mol. The summed E-state index contributed by atoms with van der Waals surface area (Å²) in [7, 11) is -3.68. The van der Waals surface area contributed by atoms with Crippen LogP contribution in [0.2, 0.25) is 0 Å². The minimum absolute atomic E-state index is 0.135. The molecule has 0 aliphatic carbocycles. The predicted octanol–water partition coefficient (Wildman–Crippen LogP) is 1.83. The van der Waals surface area contributed by atoms with Crippen LogP contribution in [-0.4, -0.2) is 36.8 Å². The van der Waals surface area contributed by atoms with Gasteiger partial charge in [0.25, 0.3) is 10.2 Å². The summed E-state index contributed by atoms with van der Waals surface area (Å²) in [5.41, 5.74) is 0.721. The fourth-order valence-corrected chi connectivity index (χ4v) is 4.83. The Kier molecular flexibility index (Phi) is 5.30. The molecule has 1 saturated heterocycles. The van der Waals surface area contributed by atoms with Crippen LogP contribution >= 0.6 is 22.7 Å². The Morgan fingerprint density at radius 2 is 2.12 bits per heavy atom. The monoisotopic (exact) mass is 387 g/mol. The topological polar surface area (TPSA) is 103 Å². The van der Waals surface area contributed by atoms with Gasteiger partial charge >= 0.3 is 5.97 Å². The number of esters is 1. The molecule has 1 aliphatic rings. The minimum atomic E-state index is -3.68. The van der Waals surface area contributed by atoms with Crippen LogP contribution in [0, 0.1) is 5.92 Å². The highest BCUT2D eigenvalue weighted by Crippen LogP contribution is 2.28. The van der Waals surface area contributed by atoms with Gasteiger partial charge in [-0.05, 0) is 24.3 Å². The molecule has 0 aromatic carbocycles. The molecule has 0 bridgehead atoms. The zero-order chi connectivity index (χ0) is 17.2. The Hall–Kier alpha value is -1.33. The van der Waals surface area contributed by atoms with E-state index in [1.165, 1.54) is 15.6 Å². The zero-order valence-electron chi connectivity index (χ0n) is 12.8. The summed E-state index contributed by atoms with van der Waals surface area (Å²) in [6.07, 6.45) is 0.847. The van der Waals surface area contributed by atoms with Crippen LogP contribution < -0.4 is 5.14 Å². The average molecular weight is 388 g/mol. The first kappa shape index (κ1) is 17.5. The molecule has 0 radical (unpaired) electrons. The number of nitrogens with two attached hydrogens (primary N) is 1. The molecule has 0 saturated carbocycles. The molecule has 1 fully saturated rings. The van der Waals surface area contributed by atoms with Gasteiger partial charge in [-0.1, -0.05) is 6.07 Å². The number of hydrogen-bond acceptors (Lipinski definition) is 7. The van der Waals surface area contributed by atoms with Crippen LogP contribution in [0.5, 0.6) is 0 Å². The lowest BCUT2D eigenvalue weighted by molar-refractivity contribution is -0.151. The summed E-state index contributed by atoms with van der Waals surface area (Å²) >= 11 is 3.13. The number of piperidine rings is 1. The van der Waals surface area contributed by atoms with Crippen molar-refractivity contribution in [3.05, 3.63) is 28.6 Å². The third kappa shape index (κ3) is 4.19. The number of nitrogens with zero attached hydrogens (tertiary/aromatic N) is 2. The molecule has 0 unspecified atom stereocenters. The molecule has 10 heteroatoms. The van der Waals surface area contributed by atoms with E-state index >= 15 is 0 Å². The summed E-state index contributed by atoms with van der Waals surface area (Å²) in [5.74, 6) is -0.604. The van der Waals surface area contributed by atoms with Gasteiger partial charge in [0, 0.05) is 18.5 Å². The van der Waals surface area contributed by atoms with E-state index in [9.17, 15) is 13.2 Å². The molecular formula is C14H17N3O4S3. The Morgan fingerprint density at radius 1 is 1.38 bits per heavy atom. The lowest BCUT2D eigenvalue weighted by Crippen LogP contribution is -2.43. The molecule has 1 aliphatic heterocycles. The summed E-state index contributed by atoms with van der Waals surface area (Å²) in [4.78, 5) is 17.7. The molecule has 3 heterocycles. The maximum atomic E-state index is 12.1. The second-order valence-corrected chi connectivity index (χ2v) is 8.80. The second-order valence-electron chi connectivity index (χ2n) is 5.45. The van der Waals surface area contributed by atoms with Gasteiger partial charge in [-0.3, -0.25) is 4.79 Å². The van der Waals surface area contributed by atoms with Gasteiger partial charge in [-0.25, -0.2) is 10.1 Å². The number of ether oxygens (including phenoxy) is 1. The first-order valence-electron chi connectivity index (χ1n) is 7.36. The van der Waals surface area contributed by atoms with E-state index in [1.807, 2.05) is 22.9 Å². The molecule has 3 rings (SSSR count). The summed E-state index contributed by atoms with van der Waals surface area (Å²) in [6.45, 7) is 0.631. The molecule has 2 aromatic heterocycles. The first-order chi connectivity index (χ1) is 11.4. The van der Waals surface area contributed by atoms with Gasteiger partial charge in [0.1, 0.15) is 11.6 Å². The van der Waals surface area contributed by atoms with Crippen molar-refractivity contribution in [2.45, 2.75) is 19.4 Å². The van der Waals surface area contributed by atoms with E-state index in [0.717, 1.165) is 15.6 Å². The molecule has 130 valence electrons. The van der Waals surface area contributed by atoms with Crippen LogP contribution in [0.4, 0.5) is 0 Å². The fraction of sp³-hybridized carbons (Fsp3) is 0.429. The van der Waals surface area contributed by atoms with Crippen LogP contribution in [0.1, 0.15) is 18.5 Å². The standard InChI is InChI=1S/C14H17N3O4S3/c15-24(19,20)17-5-3-10(4-6-17)14(18)21-8-11-9-23-13(16-11)12-2-1-7-22-12/h1-2,7,9-10H,3-6,8H2,(H2,15,19,20). The summed E-state index contributed by atoms with van der Waals surface area (Å²) in [5, 5.41) is 9.87. The number of hydrogen-bond donors (Lipinski definition) is 1. The number of carbonyl (C=O) groups excluding carboxylic acids is 1. The molecule has 24 heavy (non-hydrogen) atoms. The summed E-state index contributed by atoms with van der Waals surface area (Å²) < 4.78 is 29.0. The van der Waals surface area contributed by atoms with Gasteiger partial charge in [0.15, 0.2) is 0 Å². The van der Waals surface area contributed by atoms with Gasteiger partial charge in [0.05, 0.1) is 16.5 Å². The van der Waals surface area contributed by atoms with E-state index in [1.54, 1.807) is 11.3 Å². The Labute approximate surface area is 148 Å². The molecule has 0 amide bonds. The number of thiophene rings is 1. The number of thiazole rings is 1. The molecule has 2 aromatic rings. The smallest absolute Gasteiger partial charge is 0.309 e. The van der Waals surface area contributed by atoms with Crippen molar-refractivity contribution in [2.24, 2.45) is 11.1 Å². The SMILES string of the molecule is NS(=O)(=O)N1CCC(C(=O)OCc2csc(-c3cccs3)n2)CC1. The van der Waals surface area contributed by atoms with Crippen molar-refractivity contribution in [3.63, 3.8) is 0 Å². The predicted molar refractivity (Wildman–Crippen MR) is 92.6 cm³/mol. The molecule has 2 N–H and O–H groups in total. The van der Waals surface area contributed by atoms with Crippen molar-refractivity contribution in [1.82, 2.24) is 9.29 Å². The highest BCUT2D eigenvalue weighted by atomic mass is 32.2. The number of carbonyl (C=O) groups is 1. The van der Waals surface area contributed by atoms with Crippen LogP contribution in [-0.2, 0) is 26.3 Å². The van der Waals surface area contributed by atoms with Crippen molar-refractivity contribution < 1.29 is 17.9 Å². The quantitative estimate of drug-likeness (QED) is 0.789. The first-order valence-corrected chi connectivity index (χ1v) is 10.6. The van der Waals surface area contributed by atoms with Crippen molar-refractivity contribution >= 4 is 38.9 Å². The van der Waals surface area contributed by atoms with E-state index in [2.05, 4.69) is 4.98 Å². The van der Waals surface area contributed by atoms with Crippen LogP contribution in [0.3, 0.4) is 0 Å². The molecule has 7 nitrogen and oxygen atoms in total. The normalized spacial score (nSPS) is 17.0. The molecule has 0 atom stereocenters. The maximum absolute atomic E-state index is 12.1. The Bertz CT molecular complexity index is 793. The van der Waals surface area contributed by atoms with Crippen molar-refractivity contribution in [2.75, 3.05) is 13.1 Å². The second kappa shape index (κ2) is 7.28. The van der Waals surface area contributed by atoms with Crippen molar-refractivity contribution in [1.29, 1.82) is 0 Å². The van der Waals surface area contributed by atoms with Gasteiger partial charge < -0.3 is 4.74 Å². The van der Waals surface area contributed by atoms with E-state index in [4.69, 9.17) is 9.88 Å². The van der Waals surface area contributed by atoms with Crippen LogP contribution in [0.15, 0.2) is 22.9 Å². The van der Waals surface area contributed by atoms with Crippen molar-refractivity contribution in [3.8, 4) is 9.88 Å². The summed E-state index contributed by atoms with van der Waals surface area (Å²) in [6, 6.07) is 3.97. The van der Waals surface area contributed by atoms with Gasteiger partial charge in [-0.2, -0.15) is 12.7 Å². The zero-order valence-corrected chi connectivity index (χ0v) is 15.2. The lowest BCUT2D eigenvalue weighted by atomic mass is 9.98. The lowest BCUT2D eigenvalue weighted by Gasteiger charge is -2.28. The van der Waals surface area contributed by atoms with E-state index in [0.29, 0.717) is 12.8 Å². The molecule has 0 spiro atoms. The maximum Gasteiger partial charge on any atom is 0.309 e. The highest BCUT2D eigenvalue weighted by Gasteiger charge is 2.30. The minimum Gasteiger partial charge on any atom is -0.459 e. The van der Waals surface area contributed by atoms with E-state index < -0.39 is 10.2 Å². The third-order valence-electron chi connectivity index (χ3n) is 3.79. The Balaban J connectivity index is 1.50. The average Bonchev–Trinajstić information content (AvgIpc) is 3.23. The Morgan fingerprint density at radius 3 is 2.75 bits per heavy atom. The van der Waals surface area contributed by atoms with Gasteiger partial charge in [-0.15, -0.1) is 22.7 Å².